The van der Waals surface area contributed by atoms with Crippen molar-refractivity contribution in [1.82, 2.24) is 5.32 Å². The fourth-order valence-corrected chi connectivity index (χ4v) is 2.21. The first-order valence-corrected chi connectivity index (χ1v) is 7.27. The Morgan fingerprint density at radius 1 is 1.31 bits per heavy atom. The number of rotatable bonds is 4. The van der Waals surface area contributed by atoms with Crippen molar-refractivity contribution in [2.45, 2.75) is 44.6 Å². The SMILES string of the molecule is CSCCN=C(N)NC1CCCCCC1.I. The summed E-state index contributed by atoms with van der Waals surface area (Å²) in [5.74, 6) is 1.68. The third-order valence-electron chi connectivity index (χ3n) is 2.78. The summed E-state index contributed by atoms with van der Waals surface area (Å²) in [6.07, 6.45) is 10.00. The molecule has 1 aliphatic rings. The normalized spacial score (nSPS) is 18.7. The van der Waals surface area contributed by atoms with Gasteiger partial charge in [-0.3, -0.25) is 4.99 Å². The van der Waals surface area contributed by atoms with Gasteiger partial charge >= 0.3 is 0 Å². The summed E-state index contributed by atoms with van der Waals surface area (Å²) in [5.41, 5.74) is 5.83. The van der Waals surface area contributed by atoms with Crippen LogP contribution < -0.4 is 11.1 Å². The number of halogens is 1. The summed E-state index contributed by atoms with van der Waals surface area (Å²) < 4.78 is 0. The van der Waals surface area contributed by atoms with Crippen molar-refractivity contribution in [3.8, 4) is 0 Å². The Hall–Kier alpha value is 0.350. The minimum Gasteiger partial charge on any atom is -0.370 e. The van der Waals surface area contributed by atoms with Crippen LogP contribution in [0.15, 0.2) is 4.99 Å². The van der Waals surface area contributed by atoms with Gasteiger partial charge in [0.15, 0.2) is 5.96 Å². The molecule has 0 saturated heterocycles. The fourth-order valence-electron chi connectivity index (χ4n) is 1.94. The van der Waals surface area contributed by atoms with Crippen LogP contribution in [0.4, 0.5) is 0 Å². The van der Waals surface area contributed by atoms with Gasteiger partial charge in [-0.05, 0) is 19.1 Å². The van der Waals surface area contributed by atoms with E-state index in [2.05, 4.69) is 16.6 Å². The van der Waals surface area contributed by atoms with E-state index in [0.717, 1.165) is 12.3 Å². The van der Waals surface area contributed by atoms with E-state index in [-0.39, 0.29) is 24.0 Å². The van der Waals surface area contributed by atoms with Crippen molar-refractivity contribution >= 4 is 41.7 Å². The minimum absolute atomic E-state index is 0. The Morgan fingerprint density at radius 2 is 1.94 bits per heavy atom. The molecule has 0 aromatic rings. The van der Waals surface area contributed by atoms with Crippen molar-refractivity contribution in [3.05, 3.63) is 0 Å². The van der Waals surface area contributed by atoms with Crippen LogP contribution in [-0.2, 0) is 0 Å². The van der Waals surface area contributed by atoms with Gasteiger partial charge in [-0.1, -0.05) is 25.7 Å². The van der Waals surface area contributed by atoms with Crippen LogP contribution >= 0.6 is 35.7 Å². The molecular formula is C11H24IN3S. The Bertz CT molecular complexity index is 192. The lowest BCUT2D eigenvalue weighted by molar-refractivity contribution is 0.530. The number of hydrogen-bond donors (Lipinski definition) is 2. The monoisotopic (exact) mass is 357 g/mol. The molecule has 1 fully saturated rings. The van der Waals surface area contributed by atoms with E-state index in [1.807, 2.05) is 0 Å². The molecule has 0 radical (unpaired) electrons. The maximum absolute atomic E-state index is 5.83. The number of nitrogens with zero attached hydrogens (tertiary/aromatic N) is 1. The number of nitrogens with one attached hydrogen (secondary N) is 1. The second kappa shape index (κ2) is 10.5. The highest BCUT2D eigenvalue weighted by atomic mass is 127. The minimum atomic E-state index is 0. The van der Waals surface area contributed by atoms with Crippen molar-refractivity contribution in [2.75, 3.05) is 18.6 Å². The van der Waals surface area contributed by atoms with Gasteiger partial charge in [0.25, 0.3) is 0 Å². The smallest absolute Gasteiger partial charge is 0.188 e. The van der Waals surface area contributed by atoms with Gasteiger partial charge in [-0.15, -0.1) is 24.0 Å². The predicted octanol–water partition coefficient (Wildman–Crippen LogP) is 2.59. The molecule has 1 aliphatic carbocycles. The molecule has 1 saturated carbocycles. The average Bonchev–Trinajstić information content (AvgIpc) is 2.47. The number of thioether (sulfide) groups is 1. The van der Waals surface area contributed by atoms with Crippen molar-refractivity contribution in [2.24, 2.45) is 10.7 Å². The van der Waals surface area contributed by atoms with E-state index in [0.29, 0.717) is 12.0 Å². The van der Waals surface area contributed by atoms with Crippen molar-refractivity contribution in [3.63, 3.8) is 0 Å². The molecule has 0 aromatic carbocycles. The standard InChI is InChI=1S/C11H23N3S.HI/c1-15-9-8-13-11(12)14-10-6-4-2-3-5-7-10;/h10H,2-9H2,1H3,(H3,12,13,14);1H. The summed E-state index contributed by atoms with van der Waals surface area (Å²) in [4.78, 5) is 4.30. The molecule has 3 N–H and O–H groups in total. The first-order chi connectivity index (χ1) is 7.33. The van der Waals surface area contributed by atoms with E-state index in [4.69, 9.17) is 5.73 Å². The lowest BCUT2D eigenvalue weighted by Crippen LogP contribution is -2.40. The van der Waals surface area contributed by atoms with Gasteiger partial charge < -0.3 is 11.1 Å². The zero-order valence-electron chi connectivity index (χ0n) is 10.1. The summed E-state index contributed by atoms with van der Waals surface area (Å²) in [6.45, 7) is 0.826. The predicted molar refractivity (Wildman–Crippen MR) is 84.9 cm³/mol. The first kappa shape index (κ1) is 16.4. The number of hydrogen-bond acceptors (Lipinski definition) is 2. The van der Waals surface area contributed by atoms with Crippen LogP contribution in [0.5, 0.6) is 0 Å². The van der Waals surface area contributed by atoms with Crippen LogP contribution in [0, 0.1) is 0 Å². The molecule has 0 amide bonds. The molecule has 0 aliphatic heterocycles. The van der Waals surface area contributed by atoms with E-state index >= 15 is 0 Å². The Kier molecular flexibility index (Phi) is 10.7. The molecule has 96 valence electrons. The average molecular weight is 357 g/mol. The van der Waals surface area contributed by atoms with Gasteiger partial charge in [-0.25, -0.2) is 0 Å². The lowest BCUT2D eigenvalue weighted by atomic mass is 10.1. The Labute approximate surface area is 120 Å². The van der Waals surface area contributed by atoms with Crippen molar-refractivity contribution in [1.29, 1.82) is 0 Å². The molecule has 5 heteroatoms. The maximum atomic E-state index is 5.83. The largest absolute Gasteiger partial charge is 0.370 e. The molecule has 0 aromatic heterocycles. The molecule has 3 nitrogen and oxygen atoms in total. The first-order valence-electron chi connectivity index (χ1n) is 5.88. The van der Waals surface area contributed by atoms with Gasteiger partial charge in [0.05, 0.1) is 6.54 Å². The van der Waals surface area contributed by atoms with Crippen LogP contribution in [0.1, 0.15) is 38.5 Å². The molecule has 1 rings (SSSR count). The molecular weight excluding hydrogens is 333 g/mol. The van der Waals surface area contributed by atoms with E-state index in [9.17, 15) is 0 Å². The van der Waals surface area contributed by atoms with Crippen LogP contribution in [-0.4, -0.2) is 30.6 Å². The van der Waals surface area contributed by atoms with Gasteiger partial charge in [-0.2, -0.15) is 11.8 Å². The molecule has 0 spiro atoms. The molecule has 16 heavy (non-hydrogen) atoms. The van der Waals surface area contributed by atoms with Crippen LogP contribution in [0.3, 0.4) is 0 Å². The van der Waals surface area contributed by atoms with Crippen LogP contribution in [0.2, 0.25) is 0 Å². The highest BCUT2D eigenvalue weighted by Crippen LogP contribution is 2.16. The van der Waals surface area contributed by atoms with E-state index in [1.165, 1.54) is 38.5 Å². The highest BCUT2D eigenvalue weighted by Gasteiger charge is 2.11. The second-order valence-corrected chi connectivity index (χ2v) is 5.08. The number of aliphatic imine (C=N–C) groups is 1. The molecule has 0 bridgehead atoms. The zero-order chi connectivity index (χ0) is 10.9. The Balaban J connectivity index is 0.00000225. The summed E-state index contributed by atoms with van der Waals surface area (Å²) in [6, 6.07) is 0.561. The summed E-state index contributed by atoms with van der Waals surface area (Å²) in [7, 11) is 0. The van der Waals surface area contributed by atoms with Crippen LogP contribution in [0.25, 0.3) is 0 Å². The topological polar surface area (TPSA) is 50.4 Å². The lowest BCUT2D eigenvalue weighted by Gasteiger charge is -2.16. The maximum Gasteiger partial charge on any atom is 0.188 e. The third-order valence-corrected chi connectivity index (χ3v) is 3.38. The van der Waals surface area contributed by atoms with E-state index < -0.39 is 0 Å². The summed E-state index contributed by atoms with van der Waals surface area (Å²) >= 11 is 1.80. The summed E-state index contributed by atoms with van der Waals surface area (Å²) in [5, 5.41) is 3.34. The zero-order valence-corrected chi connectivity index (χ0v) is 13.2. The fraction of sp³-hybridized carbons (Fsp3) is 0.909. The number of nitrogens with two attached hydrogens (primary N) is 1. The number of guanidine groups is 1. The van der Waals surface area contributed by atoms with Gasteiger partial charge in [0.1, 0.15) is 0 Å². The highest BCUT2D eigenvalue weighted by molar-refractivity contribution is 14.0. The molecule has 0 unspecified atom stereocenters. The third kappa shape index (κ3) is 7.60. The van der Waals surface area contributed by atoms with Crippen molar-refractivity contribution < 1.29 is 0 Å². The van der Waals surface area contributed by atoms with E-state index in [1.54, 1.807) is 11.8 Å². The Morgan fingerprint density at radius 3 is 2.50 bits per heavy atom. The molecule has 0 heterocycles. The van der Waals surface area contributed by atoms with Gasteiger partial charge in [0.2, 0.25) is 0 Å². The quantitative estimate of drug-likeness (QED) is 0.267. The second-order valence-electron chi connectivity index (χ2n) is 4.09. The van der Waals surface area contributed by atoms with Gasteiger partial charge in [0, 0.05) is 11.8 Å². The molecule has 0 atom stereocenters.